The van der Waals surface area contributed by atoms with Gasteiger partial charge in [-0.2, -0.15) is 11.3 Å². The van der Waals surface area contributed by atoms with Crippen molar-refractivity contribution in [1.82, 2.24) is 10.3 Å². The van der Waals surface area contributed by atoms with E-state index in [1.165, 1.54) is 22.5 Å². The van der Waals surface area contributed by atoms with Crippen LogP contribution in [0.3, 0.4) is 0 Å². The number of nitrogens with one attached hydrogen (secondary N) is 1. The predicted octanol–water partition coefficient (Wildman–Crippen LogP) is 3.16. The van der Waals surface area contributed by atoms with Gasteiger partial charge in [0, 0.05) is 19.2 Å². The zero-order chi connectivity index (χ0) is 13.9. The molecule has 0 fully saturated rings. The monoisotopic (exact) mass is 287 g/mol. The maximum Gasteiger partial charge on any atom is 0.0654 e. The van der Waals surface area contributed by atoms with E-state index in [1.807, 2.05) is 19.3 Å². The lowest BCUT2D eigenvalue weighted by atomic mass is 10.0. The molecule has 3 rings (SSSR count). The van der Waals surface area contributed by atoms with E-state index in [0.29, 0.717) is 6.04 Å². The van der Waals surface area contributed by atoms with E-state index < -0.39 is 0 Å². The first-order valence-corrected chi connectivity index (χ1v) is 8.13. The summed E-state index contributed by atoms with van der Waals surface area (Å²) in [6, 6.07) is 4.72. The number of aromatic nitrogens is 1. The van der Waals surface area contributed by atoms with Crippen LogP contribution in [0.25, 0.3) is 0 Å². The minimum Gasteiger partial charge on any atom is -0.363 e. The van der Waals surface area contributed by atoms with Crippen LogP contribution in [0.4, 0.5) is 5.69 Å². The SMILES string of the molecule is CNCCC(c1cscc1C)N1CCc2ncccc21. The van der Waals surface area contributed by atoms with E-state index in [0.717, 1.165) is 25.9 Å². The summed E-state index contributed by atoms with van der Waals surface area (Å²) in [5.74, 6) is 0. The number of pyridine rings is 1. The molecular weight excluding hydrogens is 266 g/mol. The Morgan fingerprint density at radius 1 is 1.45 bits per heavy atom. The fourth-order valence-electron chi connectivity index (χ4n) is 3.03. The van der Waals surface area contributed by atoms with Gasteiger partial charge in [0.15, 0.2) is 0 Å². The number of hydrogen-bond acceptors (Lipinski definition) is 4. The Morgan fingerprint density at radius 3 is 3.10 bits per heavy atom. The van der Waals surface area contributed by atoms with Gasteiger partial charge in [0.1, 0.15) is 0 Å². The fourth-order valence-corrected chi connectivity index (χ4v) is 3.92. The largest absolute Gasteiger partial charge is 0.363 e. The van der Waals surface area contributed by atoms with Crippen LogP contribution in [0.1, 0.15) is 29.3 Å². The van der Waals surface area contributed by atoms with E-state index in [2.05, 4.69) is 39.0 Å². The minimum atomic E-state index is 0.458. The maximum atomic E-state index is 4.52. The van der Waals surface area contributed by atoms with Crippen LogP contribution in [0, 0.1) is 6.92 Å². The second-order valence-electron chi connectivity index (χ2n) is 5.33. The molecule has 2 aromatic heterocycles. The molecule has 1 N–H and O–H groups in total. The lowest BCUT2D eigenvalue weighted by molar-refractivity contribution is 0.568. The van der Waals surface area contributed by atoms with Crippen LogP contribution < -0.4 is 10.2 Å². The van der Waals surface area contributed by atoms with Gasteiger partial charge < -0.3 is 10.2 Å². The lowest BCUT2D eigenvalue weighted by Crippen LogP contribution is -2.29. The van der Waals surface area contributed by atoms with Crippen molar-refractivity contribution in [2.75, 3.05) is 25.0 Å². The standard InChI is InChI=1S/C16H21N3S/c1-12-10-20-11-13(12)15(5-8-17-2)19-9-6-14-16(19)4-3-7-18-14/h3-4,7,10-11,15,17H,5-6,8-9H2,1-2H3. The summed E-state index contributed by atoms with van der Waals surface area (Å²) in [6.07, 6.45) is 4.10. The lowest BCUT2D eigenvalue weighted by Gasteiger charge is -2.30. The number of fused-ring (bicyclic) bond motifs is 1. The number of thiophene rings is 1. The Hall–Kier alpha value is -1.39. The molecule has 0 spiro atoms. The first kappa shape index (κ1) is 13.6. The van der Waals surface area contributed by atoms with Crippen molar-refractivity contribution in [3.63, 3.8) is 0 Å². The molecule has 2 aromatic rings. The molecule has 1 aliphatic rings. The van der Waals surface area contributed by atoms with Crippen molar-refractivity contribution in [1.29, 1.82) is 0 Å². The summed E-state index contributed by atoms with van der Waals surface area (Å²) >= 11 is 1.81. The van der Waals surface area contributed by atoms with E-state index in [1.54, 1.807) is 11.3 Å². The van der Waals surface area contributed by atoms with Crippen molar-refractivity contribution in [2.24, 2.45) is 0 Å². The molecule has 4 heteroatoms. The van der Waals surface area contributed by atoms with E-state index in [9.17, 15) is 0 Å². The van der Waals surface area contributed by atoms with Crippen LogP contribution in [-0.4, -0.2) is 25.1 Å². The average molecular weight is 287 g/mol. The van der Waals surface area contributed by atoms with Crippen molar-refractivity contribution in [3.05, 3.63) is 45.9 Å². The summed E-state index contributed by atoms with van der Waals surface area (Å²) in [5, 5.41) is 7.85. The number of aryl methyl sites for hydroxylation is 1. The van der Waals surface area contributed by atoms with E-state index in [-0.39, 0.29) is 0 Å². The Balaban J connectivity index is 1.93. The molecule has 106 valence electrons. The third-order valence-electron chi connectivity index (χ3n) is 4.06. The van der Waals surface area contributed by atoms with Crippen LogP contribution in [-0.2, 0) is 6.42 Å². The molecule has 0 saturated heterocycles. The third kappa shape index (κ3) is 2.45. The second kappa shape index (κ2) is 5.94. The van der Waals surface area contributed by atoms with Gasteiger partial charge in [-0.1, -0.05) is 0 Å². The Labute approximate surface area is 124 Å². The van der Waals surface area contributed by atoms with Crippen molar-refractivity contribution < 1.29 is 0 Å². The Morgan fingerprint density at radius 2 is 2.35 bits per heavy atom. The second-order valence-corrected chi connectivity index (χ2v) is 6.07. The number of rotatable bonds is 5. The topological polar surface area (TPSA) is 28.2 Å². The molecule has 20 heavy (non-hydrogen) atoms. The Bertz CT molecular complexity index is 579. The minimum absolute atomic E-state index is 0.458. The first-order chi connectivity index (χ1) is 9.81. The normalized spacial score (nSPS) is 15.4. The average Bonchev–Trinajstić information content (AvgIpc) is 3.07. The van der Waals surface area contributed by atoms with Gasteiger partial charge in [0.25, 0.3) is 0 Å². The first-order valence-electron chi connectivity index (χ1n) is 7.19. The highest BCUT2D eigenvalue weighted by molar-refractivity contribution is 7.08. The zero-order valence-electron chi connectivity index (χ0n) is 12.1. The quantitative estimate of drug-likeness (QED) is 0.915. The van der Waals surface area contributed by atoms with Gasteiger partial charge in [-0.15, -0.1) is 0 Å². The molecule has 0 amide bonds. The molecule has 1 unspecified atom stereocenters. The summed E-state index contributed by atoms with van der Waals surface area (Å²) in [7, 11) is 2.02. The highest BCUT2D eigenvalue weighted by Crippen LogP contribution is 2.37. The molecule has 0 bridgehead atoms. The molecule has 0 aliphatic carbocycles. The summed E-state index contributed by atoms with van der Waals surface area (Å²) < 4.78 is 0. The molecule has 0 aromatic carbocycles. The van der Waals surface area contributed by atoms with E-state index in [4.69, 9.17) is 0 Å². The van der Waals surface area contributed by atoms with Gasteiger partial charge in [0.05, 0.1) is 17.4 Å². The predicted molar refractivity (Wildman–Crippen MR) is 85.6 cm³/mol. The van der Waals surface area contributed by atoms with Crippen LogP contribution >= 0.6 is 11.3 Å². The number of hydrogen-bond donors (Lipinski definition) is 1. The molecule has 0 radical (unpaired) electrons. The van der Waals surface area contributed by atoms with Crippen LogP contribution in [0.15, 0.2) is 29.1 Å². The van der Waals surface area contributed by atoms with Crippen LogP contribution in [0.5, 0.6) is 0 Å². The third-order valence-corrected chi connectivity index (χ3v) is 4.94. The van der Waals surface area contributed by atoms with E-state index >= 15 is 0 Å². The maximum absolute atomic E-state index is 4.52. The molecule has 1 aliphatic heterocycles. The highest BCUT2D eigenvalue weighted by Gasteiger charge is 2.28. The summed E-state index contributed by atoms with van der Waals surface area (Å²) in [4.78, 5) is 7.06. The van der Waals surface area contributed by atoms with Gasteiger partial charge in [-0.3, -0.25) is 4.98 Å². The molecular formula is C16H21N3S. The van der Waals surface area contributed by atoms with Crippen molar-refractivity contribution in [3.8, 4) is 0 Å². The number of nitrogens with zero attached hydrogens (tertiary/aromatic N) is 2. The smallest absolute Gasteiger partial charge is 0.0654 e. The fraction of sp³-hybridized carbons (Fsp3) is 0.438. The van der Waals surface area contributed by atoms with Gasteiger partial charge in [-0.25, -0.2) is 0 Å². The van der Waals surface area contributed by atoms with Gasteiger partial charge in [0.2, 0.25) is 0 Å². The molecule has 3 heterocycles. The molecule has 3 nitrogen and oxygen atoms in total. The van der Waals surface area contributed by atoms with Crippen molar-refractivity contribution >= 4 is 17.0 Å². The highest BCUT2D eigenvalue weighted by atomic mass is 32.1. The molecule has 0 saturated carbocycles. The zero-order valence-corrected chi connectivity index (χ0v) is 12.9. The molecule has 1 atom stereocenters. The van der Waals surface area contributed by atoms with Gasteiger partial charge >= 0.3 is 0 Å². The summed E-state index contributed by atoms with van der Waals surface area (Å²) in [5.41, 5.74) is 5.45. The van der Waals surface area contributed by atoms with Crippen molar-refractivity contribution in [2.45, 2.75) is 25.8 Å². The van der Waals surface area contributed by atoms with Gasteiger partial charge in [-0.05, 0) is 61.0 Å². The summed E-state index contributed by atoms with van der Waals surface area (Å²) in [6.45, 7) is 4.33. The van der Waals surface area contributed by atoms with Crippen LogP contribution in [0.2, 0.25) is 0 Å². The Kier molecular flexibility index (Phi) is 4.03. The number of anilines is 1.